The second-order valence-corrected chi connectivity index (χ2v) is 4.88. The number of nitrogens with one attached hydrogen (secondary N) is 1. The summed E-state index contributed by atoms with van der Waals surface area (Å²) in [5.41, 5.74) is 1.82. The van der Waals surface area contributed by atoms with E-state index in [0.717, 1.165) is 18.3 Å². The summed E-state index contributed by atoms with van der Waals surface area (Å²) in [5, 5.41) is 3.53. The van der Waals surface area contributed by atoms with Crippen LogP contribution in [0.4, 0.5) is 13.2 Å². The lowest BCUT2D eigenvalue weighted by molar-refractivity contribution is 0.111. The van der Waals surface area contributed by atoms with Gasteiger partial charge in [0.05, 0.1) is 11.8 Å². The molecule has 2 atom stereocenters. The van der Waals surface area contributed by atoms with Crippen LogP contribution in [0.15, 0.2) is 23.3 Å². The van der Waals surface area contributed by atoms with Crippen LogP contribution in [0.2, 0.25) is 0 Å². The largest absolute Gasteiger partial charge is 0.275 e. The highest BCUT2D eigenvalue weighted by atomic mass is 35.5. The maximum absolute atomic E-state index is 13.8. The van der Waals surface area contributed by atoms with Crippen LogP contribution in [0.3, 0.4) is 0 Å². The van der Waals surface area contributed by atoms with E-state index in [1.807, 2.05) is 0 Å². The Kier molecular flexibility index (Phi) is 2.81. The minimum atomic E-state index is -1.91. The number of benzene rings is 1. The Morgan fingerprint density at radius 2 is 1.94 bits per heavy atom. The van der Waals surface area contributed by atoms with Crippen molar-refractivity contribution in [2.75, 3.05) is 0 Å². The van der Waals surface area contributed by atoms with E-state index >= 15 is 0 Å². The van der Waals surface area contributed by atoms with Crippen molar-refractivity contribution >= 4 is 17.8 Å². The summed E-state index contributed by atoms with van der Waals surface area (Å²) in [5.74, 6) is -3.54. The zero-order valence-corrected chi connectivity index (χ0v) is 9.73. The Morgan fingerprint density at radius 1 is 1.35 bits per heavy atom. The maximum Gasteiger partial charge on any atom is 0.194 e. The molecule has 0 spiro atoms. The van der Waals surface area contributed by atoms with Gasteiger partial charge in [0.1, 0.15) is 16.5 Å². The first kappa shape index (κ1) is 12.2. The summed E-state index contributed by atoms with van der Waals surface area (Å²) < 4.78 is 41.0. The quantitative estimate of drug-likeness (QED) is 0.610. The highest BCUT2D eigenvalue weighted by Crippen LogP contribution is 2.40. The second kappa shape index (κ2) is 3.91. The number of rotatable bonds is 1. The lowest BCUT2D eigenvalue weighted by Gasteiger charge is -2.34. The van der Waals surface area contributed by atoms with Gasteiger partial charge in [-0.05, 0) is 19.1 Å². The van der Waals surface area contributed by atoms with Gasteiger partial charge in [-0.1, -0.05) is 6.07 Å². The molecule has 0 radical (unpaired) electrons. The average Bonchev–Trinajstić information content (AvgIpc) is 2.14. The molecule has 1 aliphatic heterocycles. The van der Waals surface area contributed by atoms with E-state index in [4.69, 9.17) is 11.6 Å². The number of halogens is 4. The van der Waals surface area contributed by atoms with Crippen molar-refractivity contribution < 1.29 is 13.2 Å². The van der Waals surface area contributed by atoms with Crippen molar-refractivity contribution in [3.63, 3.8) is 0 Å². The number of hydrogen-bond acceptors (Lipinski definition) is 2. The maximum atomic E-state index is 13.8. The van der Waals surface area contributed by atoms with Crippen LogP contribution in [-0.4, -0.2) is 12.0 Å². The first-order valence-electron chi connectivity index (χ1n) is 4.98. The van der Waals surface area contributed by atoms with Crippen LogP contribution in [0.25, 0.3) is 0 Å². The van der Waals surface area contributed by atoms with Crippen molar-refractivity contribution in [2.45, 2.75) is 24.0 Å². The van der Waals surface area contributed by atoms with Gasteiger partial charge in [0.2, 0.25) is 0 Å². The Labute approximate surface area is 101 Å². The molecule has 0 aromatic heterocycles. The van der Waals surface area contributed by atoms with Crippen LogP contribution in [-0.2, 0) is 4.87 Å². The highest BCUT2D eigenvalue weighted by Gasteiger charge is 2.43. The fourth-order valence-electron chi connectivity index (χ4n) is 1.89. The molecule has 2 nitrogen and oxygen atoms in total. The zero-order chi connectivity index (χ0) is 12.7. The highest BCUT2D eigenvalue weighted by molar-refractivity contribution is 6.32. The summed E-state index contributed by atoms with van der Waals surface area (Å²) in [4.78, 5) is -1.62. The lowest BCUT2D eigenvalue weighted by Crippen LogP contribution is -2.46. The normalized spacial score (nSPS) is 32.3. The molecule has 1 heterocycles. The van der Waals surface area contributed by atoms with Gasteiger partial charge >= 0.3 is 0 Å². The minimum Gasteiger partial charge on any atom is -0.275 e. The van der Waals surface area contributed by atoms with Crippen LogP contribution >= 0.6 is 11.6 Å². The van der Waals surface area contributed by atoms with Gasteiger partial charge in [-0.2, -0.15) is 5.10 Å². The molecule has 0 fully saturated rings. The molecule has 0 amide bonds. The van der Waals surface area contributed by atoms with Crippen molar-refractivity contribution in [2.24, 2.45) is 5.10 Å². The van der Waals surface area contributed by atoms with Gasteiger partial charge in [0.15, 0.2) is 5.79 Å². The number of alkyl halides is 2. The molecule has 1 aromatic rings. The first-order valence-corrected chi connectivity index (χ1v) is 5.36. The Hall–Kier alpha value is -1.23. The van der Waals surface area contributed by atoms with Gasteiger partial charge in [-0.15, -0.1) is 11.6 Å². The smallest absolute Gasteiger partial charge is 0.194 e. The molecule has 0 saturated carbocycles. The molecule has 92 valence electrons. The molecule has 1 N–H and O–H groups in total. The fourth-order valence-corrected chi connectivity index (χ4v) is 2.37. The number of nitrogens with zero attached hydrogens (tertiary/aromatic N) is 1. The third-order valence-electron chi connectivity index (χ3n) is 2.53. The van der Waals surface area contributed by atoms with E-state index < -0.39 is 22.3 Å². The SMILES string of the molecule is CC1(F)CC(Cl)(c2c(F)cccc2F)C=NN1. The van der Waals surface area contributed by atoms with Gasteiger partial charge in [-0.3, -0.25) is 5.43 Å². The summed E-state index contributed by atoms with van der Waals surface area (Å²) in [6, 6.07) is 3.38. The average molecular weight is 263 g/mol. The number of hydrazone groups is 1. The van der Waals surface area contributed by atoms with E-state index in [-0.39, 0.29) is 12.0 Å². The van der Waals surface area contributed by atoms with E-state index in [1.54, 1.807) is 0 Å². The monoisotopic (exact) mass is 262 g/mol. The zero-order valence-electron chi connectivity index (χ0n) is 8.98. The Bertz CT molecular complexity index is 456. The first-order chi connectivity index (χ1) is 7.84. The molecular weight excluding hydrogens is 253 g/mol. The van der Waals surface area contributed by atoms with Gasteiger partial charge in [0.25, 0.3) is 0 Å². The lowest BCUT2D eigenvalue weighted by atomic mass is 9.90. The summed E-state index contributed by atoms with van der Waals surface area (Å²) in [6.45, 7) is 1.21. The molecule has 6 heteroatoms. The van der Waals surface area contributed by atoms with Crippen molar-refractivity contribution in [1.82, 2.24) is 5.43 Å². The molecule has 2 rings (SSSR count). The molecule has 0 aliphatic carbocycles. The third-order valence-corrected chi connectivity index (χ3v) is 2.95. The fraction of sp³-hybridized carbons (Fsp3) is 0.364. The Balaban J connectivity index is 2.52. The number of hydrogen-bond donors (Lipinski definition) is 1. The van der Waals surface area contributed by atoms with E-state index in [9.17, 15) is 13.2 Å². The molecule has 1 aliphatic rings. The van der Waals surface area contributed by atoms with Gasteiger partial charge in [0, 0.05) is 6.42 Å². The molecule has 0 saturated heterocycles. The second-order valence-electron chi connectivity index (χ2n) is 4.20. The predicted molar refractivity (Wildman–Crippen MR) is 59.6 cm³/mol. The molecular formula is C11H10ClF3N2. The van der Waals surface area contributed by atoms with E-state index in [1.165, 1.54) is 13.0 Å². The van der Waals surface area contributed by atoms with E-state index in [2.05, 4.69) is 10.5 Å². The van der Waals surface area contributed by atoms with Crippen LogP contribution in [0, 0.1) is 11.6 Å². The van der Waals surface area contributed by atoms with E-state index in [0.29, 0.717) is 0 Å². The van der Waals surface area contributed by atoms with Crippen LogP contribution in [0.5, 0.6) is 0 Å². The third kappa shape index (κ3) is 2.24. The molecule has 17 heavy (non-hydrogen) atoms. The van der Waals surface area contributed by atoms with Gasteiger partial charge < -0.3 is 0 Å². The predicted octanol–water partition coefficient (Wildman–Crippen LogP) is 3.06. The molecule has 0 bridgehead atoms. The summed E-state index contributed by atoms with van der Waals surface area (Å²) in [6.07, 6.45) is 0.792. The summed E-state index contributed by atoms with van der Waals surface area (Å²) in [7, 11) is 0. The van der Waals surface area contributed by atoms with Crippen molar-refractivity contribution in [3.05, 3.63) is 35.4 Å². The standard InChI is InChI=1S/C11H10ClF3N2/c1-10(15)5-11(12,6-16-17-10)9-7(13)3-2-4-8(9)14/h2-4,6,17H,5H2,1H3. The van der Waals surface area contributed by atoms with Crippen molar-refractivity contribution in [1.29, 1.82) is 0 Å². The topological polar surface area (TPSA) is 24.4 Å². The van der Waals surface area contributed by atoms with Crippen molar-refractivity contribution in [3.8, 4) is 0 Å². The summed E-state index contributed by atoms with van der Waals surface area (Å²) >= 11 is 6.09. The van der Waals surface area contributed by atoms with Crippen LogP contribution in [0.1, 0.15) is 18.9 Å². The van der Waals surface area contributed by atoms with Gasteiger partial charge in [-0.25, -0.2) is 13.2 Å². The Morgan fingerprint density at radius 3 is 2.47 bits per heavy atom. The minimum absolute atomic E-state index is 0.317. The molecule has 2 unspecified atom stereocenters. The molecule has 1 aromatic carbocycles. The van der Waals surface area contributed by atoms with Crippen LogP contribution < -0.4 is 5.43 Å².